The molecule has 0 aliphatic carbocycles. The summed E-state index contributed by atoms with van der Waals surface area (Å²) in [5.74, 6) is -0.379. The quantitative estimate of drug-likeness (QED) is 0.895. The summed E-state index contributed by atoms with van der Waals surface area (Å²) < 4.78 is 5.79. The number of hydrogen-bond acceptors (Lipinski definition) is 3. The summed E-state index contributed by atoms with van der Waals surface area (Å²) in [6, 6.07) is 3.53. The predicted molar refractivity (Wildman–Crippen MR) is 80.0 cm³/mol. The van der Waals surface area contributed by atoms with Crippen molar-refractivity contribution in [1.29, 1.82) is 0 Å². The van der Waals surface area contributed by atoms with Gasteiger partial charge in [0, 0.05) is 13.1 Å². The van der Waals surface area contributed by atoms with E-state index >= 15 is 0 Å². The van der Waals surface area contributed by atoms with Gasteiger partial charge in [-0.3, -0.25) is 0 Å². The second kappa shape index (κ2) is 6.64. The molecule has 4 nitrogen and oxygen atoms in total. The van der Waals surface area contributed by atoms with E-state index in [2.05, 4.69) is 4.90 Å². The lowest BCUT2D eigenvalue weighted by atomic mass is 10.0. The Morgan fingerprint density at radius 1 is 1.30 bits per heavy atom. The lowest BCUT2D eigenvalue weighted by Crippen LogP contribution is -2.31. The van der Waals surface area contributed by atoms with Crippen molar-refractivity contribution in [2.45, 2.75) is 39.5 Å². The van der Waals surface area contributed by atoms with Crippen LogP contribution in [0.2, 0.25) is 0 Å². The largest absolute Gasteiger partial charge is 0.491 e. The zero-order chi connectivity index (χ0) is 14.5. The minimum atomic E-state index is -0.922. The molecule has 0 spiro atoms. The monoisotopic (exact) mass is 277 g/mol. The van der Waals surface area contributed by atoms with E-state index in [0.29, 0.717) is 12.4 Å². The van der Waals surface area contributed by atoms with Crippen LogP contribution in [0.5, 0.6) is 5.75 Å². The summed E-state index contributed by atoms with van der Waals surface area (Å²) in [5.41, 5.74) is 2.32. The number of aryl methyl sites for hydroxylation is 1. The highest BCUT2D eigenvalue weighted by Crippen LogP contribution is 2.37. The number of anilines is 1. The van der Waals surface area contributed by atoms with Crippen LogP contribution in [0.15, 0.2) is 12.1 Å². The average Bonchev–Trinajstić information content (AvgIpc) is 2.45. The first-order valence-electron chi connectivity index (χ1n) is 7.39. The first-order valence-corrected chi connectivity index (χ1v) is 7.39. The fraction of sp³-hybridized carbons (Fsp3) is 0.562. The van der Waals surface area contributed by atoms with Gasteiger partial charge in [0.2, 0.25) is 0 Å². The van der Waals surface area contributed by atoms with Crippen molar-refractivity contribution < 1.29 is 14.6 Å². The second-order valence-corrected chi connectivity index (χ2v) is 5.31. The smallest absolute Gasteiger partial charge is 0.339 e. The maximum Gasteiger partial charge on any atom is 0.339 e. The van der Waals surface area contributed by atoms with Gasteiger partial charge in [-0.15, -0.1) is 0 Å². The third kappa shape index (κ3) is 3.06. The molecule has 0 amide bonds. The Balaban J connectivity index is 2.44. The lowest BCUT2D eigenvalue weighted by Gasteiger charge is -2.32. The molecular formula is C16H23NO3. The highest BCUT2D eigenvalue weighted by molar-refractivity contribution is 5.94. The molecule has 1 heterocycles. The Morgan fingerprint density at radius 2 is 2.00 bits per heavy atom. The van der Waals surface area contributed by atoms with Gasteiger partial charge in [0.1, 0.15) is 5.56 Å². The number of carboxylic acids is 1. The molecule has 0 aromatic heterocycles. The van der Waals surface area contributed by atoms with Gasteiger partial charge in [-0.05, 0) is 44.2 Å². The normalized spacial score (nSPS) is 15.2. The van der Waals surface area contributed by atoms with Crippen LogP contribution < -0.4 is 9.64 Å². The van der Waals surface area contributed by atoms with Crippen LogP contribution in [0.1, 0.15) is 48.5 Å². The topological polar surface area (TPSA) is 49.8 Å². The second-order valence-electron chi connectivity index (χ2n) is 5.31. The zero-order valence-corrected chi connectivity index (χ0v) is 12.3. The summed E-state index contributed by atoms with van der Waals surface area (Å²) in [6.07, 6.45) is 4.43. The fourth-order valence-corrected chi connectivity index (χ4v) is 2.70. The molecule has 1 N–H and O–H groups in total. The first-order chi connectivity index (χ1) is 9.65. The highest BCUT2D eigenvalue weighted by Gasteiger charge is 2.23. The number of ether oxygens (including phenoxy) is 1. The molecule has 1 aromatic carbocycles. The number of hydrogen-bond donors (Lipinski definition) is 1. The molecule has 1 aromatic rings. The van der Waals surface area contributed by atoms with Crippen molar-refractivity contribution in [1.82, 2.24) is 0 Å². The summed E-state index contributed by atoms with van der Waals surface area (Å²) in [7, 11) is 0. The Morgan fingerprint density at radius 3 is 2.60 bits per heavy atom. The van der Waals surface area contributed by atoms with Crippen molar-refractivity contribution in [2.24, 2.45) is 0 Å². The zero-order valence-electron chi connectivity index (χ0n) is 12.3. The van der Waals surface area contributed by atoms with Gasteiger partial charge in [-0.25, -0.2) is 4.79 Å². The lowest BCUT2D eigenvalue weighted by molar-refractivity contribution is 0.0692. The summed E-state index contributed by atoms with van der Waals surface area (Å²) >= 11 is 0. The number of carbonyl (C=O) groups is 1. The Kier molecular flexibility index (Phi) is 4.88. The van der Waals surface area contributed by atoms with E-state index in [9.17, 15) is 9.90 Å². The molecule has 0 atom stereocenters. The third-order valence-corrected chi connectivity index (χ3v) is 3.69. The minimum Gasteiger partial charge on any atom is -0.491 e. The van der Waals surface area contributed by atoms with Crippen LogP contribution in [0.3, 0.4) is 0 Å². The van der Waals surface area contributed by atoms with Gasteiger partial charge in [-0.1, -0.05) is 13.0 Å². The standard InChI is InChI=1S/C16H23NO3/c1-3-11-20-15-13(16(18)19)8-7-12(2)14(15)17-9-5-4-6-10-17/h7-8H,3-6,9-11H2,1-2H3,(H,18,19). The van der Waals surface area contributed by atoms with E-state index in [1.807, 2.05) is 19.9 Å². The van der Waals surface area contributed by atoms with Crippen LogP contribution >= 0.6 is 0 Å². The van der Waals surface area contributed by atoms with Gasteiger partial charge in [0.15, 0.2) is 5.75 Å². The number of benzene rings is 1. The molecule has 1 fully saturated rings. The van der Waals surface area contributed by atoms with E-state index in [0.717, 1.165) is 43.6 Å². The Labute approximate surface area is 120 Å². The summed E-state index contributed by atoms with van der Waals surface area (Å²) in [6.45, 7) is 6.55. The highest BCUT2D eigenvalue weighted by atomic mass is 16.5. The van der Waals surface area contributed by atoms with E-state index in [1.54, 1.807) is 6.07 Å². The molecule has 0 saturated carbocycles. The van der Waals surface area contributed by atoms with Crippen molar-refractivity contribution in [3.63, 3.8) is 0 Å². The van der Waals surface area contributed by atoms with Crippen LogP contribution in [0, 0.1) is 6.92 Å². The average molecular weight is 277 g/mol. The predicted octanol–water partition coefficient (Wildman–Crippen LogP) is 3.47. The molecular weight excluding hydrogens is 254 g/mol. The molecule has 110 valence electrons. The van der Waals surface area contributed by atoms with Gasteiger partial charge in [-0.2, -0.15) is 0 Å². The van der Waals surface area contributed by atoms with Crippen molar-refractivity contribution >= 4 is 11.7 Å². The van der Waals surface area contributed by atoms with E-state index in [-0.39, 0.29) is 5.56 Å². The first kappa shape index (κ1) is 14.7. The SMILES string of the molecule is CCCOc1c(C(=O)O)ccc(C)c1N1CCCCC1. The number of aromatic carboxylic acids is 1. The molecule has 1 saturated heterocycles. The Bertz CT molecular complexity index is 479. The molecule has 2 rings (SSSR count). The number of piperidine rings is 1. The van der Waals surface area contributed by atoms with Crippen molar-refractivity contribution in [2.75, 3.05) is 24.6 Å². The maximum atomic E-state index is 11.4. The molecule has 4 heteroatoms. The fourth-order valence-electron chi connectivity index (χ4n) is 2.70. The molecule has 0 bridgehead atoms. The van der Waals surface area contributed by atoms with Crippen LogP contribution in [-0.4, -0.2) is 30.8 Å². The molecule has 20 heavy (non-hydrogen) atoms. The van der Waals surface area contributed by atoms with Gasteiger partial charge in [0.05, 0.1) is 12.3 Å². The third-order valence-electron chi connectivity index (χ3n) is 3.69. The number of rotatable bonds is 5. The summed E-state index contributed by atoms with van der Waals surface area (Å²) in [5, 5.41) is 9.38. The molecule has 0 radical (unpaired) electrons. The summed E-state index contributed by atoms with van der Waals surface area (Å²) in [4.78, 5) is 13.7. The van der Waals surface area contributed by atoms with Crippen LogP contribution in [0.4, 0.5) is 5.69 Å². The minimum absolute atomic E-state index is 0.268. The van der Waals surface area contributed by atoms with Crippen LogP contribution in [0.25, 0.3) is 0 Å². The number of carboxylic acid groups (broad SMARTS) is 1. The van der Waals surface area contributed by atoms with Crippen LogP contribution in [-0.2, 0) is 0 Å². The number of nitrogens with zero attached hydrogens (tertiary/aromatic N) is 1. The van der Waals surface area contributed by atoms with Gasteiger partial charge in [0.25, 0.3) is 0 Å². The maximum absolute atomic E-state index is 11.4. The van der Waals surface area contributed by atoms with Gasteiger partial charge >= 0.3 is 5.97 Å². The van der Waals surface area contributed by atoms with Crippen molar-refractivity contribution in [3.05, 3.63) is 23.3 Å². The molecule has 1 aliphatic heterocycles. The van der Waals surface area contributed by atoms with Gasteiger partial charge < -0.3 is 14.7 Å². The van der Waals surface area contributed by atoms with E-state index in [1.165, 1.54) is 6.42 Å². The van der Waals surface area contributed by atoms with Crippen molar-refractivity contribution in [3.8, 4) is 5.75 Å². The Hall–Kier alpha value is -1.71. The molecule has 0 unspecified atom stereocenters. The van der Waals surface area contributed by atoms with E-state index < -0.39 is 5.97 Å². The molecule has 1 aliphatic rings. The van der Waals surface area contributed by atoms with E-state index in [4.69, 9.17) is 4.74 Å².